The van der Waals surface area contributed by atoms with Crippen LogP contribution in [0.15, 0.2) is 10.6 Å². The lowest BCUT2D eigenvalue weighted by Crippen LogP contribution is -2.42. The SMILES string of the molecule is CCc1cc(CNC(=O)[C@@H]2COC(=O)N2)on1. The number of hydrogen-bond acceptors (Lipinski definition) is 5. The number of amides is 2. The molecule has 2 heterocycles. The third-order valence-corrected chi connectivity index (χ3v) is 2.40. The molecule has 7 nitrogen and oxygen atoms in total. The van der Waals surface area contributed by atoms with Crippen LogP contribution in [0.1, 0.15) is 18.4 Å². The minimum atomic E-state index is -0.629. The Morgan fingerprint density at radius 3 is 3.12 bits per heavy atom. The van der Waals surface area contributed by atoms with Crippen LogP contribution in [0.2, 0.25) is 0 Å². The van der Waals surface area contributed by atoms with Gasteiger partial charge in [-0.1, -0.05) is 12.1 Å². The summed E-state index contributed by atoms with van der Waals surface area (Å²) in [4.78, 5) is 22.3. The highest BCUT2D eigenvalue weighted by Crippen LogP contribution is 2.04. The van der Waals surface area contributed by atoms with Crippen molar-refractivity contribution >= 4 is 12.0 Å². The maximum atomic E-state index is 11.6. The topological polar surface area (TPSA) is 93.5 Å². The van der Waals surface area contributed by atoms with E-state index < -0.39 is 12.1 Å². The minimum absolute atomic E-state index is 0.0568. The smallest absolute Gasteiger partial charge is 0.407 e. The number of alkyl carbamates (subject to hydrolysis) is 1. The van der Waals surface area contributed by atoms with Crippen LogP contribution in [-0.4, -0.2) is 29.8 Å². The van der Waals surface area contributed by atoms with Crippen LogP contribution in [0.3, 0.4) is 0 Å². The van der Waals surface area contributed by atoms with E-state index in [9.17, 15) is 9.59 Å². The van der Waals surface area contributed by atoms with E-state index in [2.05, 4.69) is 20.5 Å². The van der Waals surface area contributed by atoms with E-state index in [0.29, 0.717) is 5.76 Å². The van der Waals surface area contributed by atoms with Crippen LogP contribution in [0.25, 0.3) is 0 Å². The number of nitrogens with zero attached hydrogens (tertiary/aromatic N) is 1. The summed E-state index contributed by atoms with van der Waals surface area (Å²) in [5.74, 6) is 0.283. The van der Waals surface area contributed by atoms with E-state index in [4.69, 9.17) is 4.52 Å². The second kappa shape index (κ2) is 4.86. The molecule has 2 N–H and O–H groups in total. The maximum Gasteiger partial charge on any atom is 0.407 e. The standard InChI is InChI=1S/C10H13N3O4/c1-2-6-3-7(17-13-6)4-11-9(14)8-5-16-10(15)12-8/h3,8H,2,4-5H2,1H3,(H,11,14)(H,12,15)/t8-/m0/s1. The molecule has 1 aliphatic heterocycles. The fourth-order valence-corrected chi connectivity index (χ4v) is 1.43. The van der Waals surface area contributed by atoms with Gasteiger partial charge in [0.15, 0.2) is 5.76 Å². The van der Waals surface area contributed by atoms with Gasteiger partial charge >= 0.3 is 6.09 Å². The number of carbonyl (C=O) groups is 2. The number of aromatic nitrogens is 1. The monoisotopic (exact) mass is 239 g/mol. The lowest BCUT2D eigenvalue weighted by atomic mass is 10.3. The van der Waals surface area contributed by atoms with Gasteiger partial charge in [-0.3, -0.25) is 4.79 Å². The highest BCUT2D eigenvalue weighted by Gasteiger charge is 2.28. The molecule has 0 unspecified atom stereocenters. The Morgan fingerprint density at radius 2 is 2.53 bits per heavy atom. The van der Waals surface area contributed by atoms with Crippen molar-refractivity contribution in [1.82, 2.24) is 15.8 Å². The lowest BCUT2D eigenvalue weighted by molar-refractivity contribution is -0.123. The second-order valence-corrected chi connectivity index (χ2v) is 3.65. The Kier molecular flexibility index (Phi) is 3.27. The highest BCUT2D eigenvalue weighted by atomic mass is 16.6. The molecule has 1 saturated heterocycles. The van der Waals surface area contributed by atoms with Gasteiger partial charge in [-0.2, -0.15) is 0 Å². The van der Waals surface area contributed by atoms with Gasteiger partial charge in [0, 0.05) is 6.07 Å². The Bertz CT molecular complexity index is 429. The van der Waals surface area contributed by atoms with Gasteiger partial charge in [-0.25, -0.2) is 4.79 Å². The molecule has 0 bridgehead atoms. The molecule has 1 atom stereocenters. The molecule has 1 aromatic heterocycles. The summed E-state index contributed by atoms with van der Waals surface area (Å²) >= 11 is 0. The largest absolute Gasteiger partial charge is 0.447 e. The van der Waals surface area contributed by atoms with Crippen LogP contribution in [-0.2, 0) is 22.5 Å². The molecule has 92 valence electrons. The average molecular weight is 239 g/mol. The third kappa shape index (κ3) is 2.74. The first-order valence-corrected chi connectivity index (χ1v) is 5.34. The summed E-state index contributed by atoms with van der Waals surface area (Å²) in [6.45, 7) is 2.27. The molecule has 17 heavy (non-hydrogen) atoms. The molecular weight excluding hydrogens is 226 g/mol. The number of rotatable bonds is 4. The van der Waals surface area contributed by atoms with Crippen LogP contribution >= 0.6 is 0 Å². The quantitative estimate of drug-likeness (QED) is 0.769. The predicted octanol–water partition coefficient (Wildman–Crippen LogP) is -0.0384. The third-order valence-electron chi connectivity index (χ3n) is 2.40. The Balaban J connectivity index is 1.81. The van der Waals surface area contributed by atoms with Crippen LogP contribution in [0.4, 0.5) is 4.79 Å². The van der Waals surface area contributed by atoms with Crippen molar-refractivity contribution in [1.29, 1.82) is 0 Å². The zero-order chi connectivity index (χ0) is 12.3. The highest BCUT2D eigenvalue weighted by molar-refractivity contribution is 5.87. The van der Waals surface area contributed by atoms with Gasteiger partial charge in [-0.05, 0) is 6.42 Å². The molecule has 0 saturated carbocycles. The van der Waals surface area contributed by atoms with Crippen molar-refractivity contribution in [3.8, 4) is 0 Å². The summed E-state index contributed by atoms with van der Waals surface area (Å²) in [7, 11) is 0. The predicted molar refractivity (Wildman–Crippen MR) is 56.0 cm³/mol. The first-order valence-electron chi connectivity index (χ1n) is 5.34. The van der Waals surface area contributed by atoms with Crippen molar-refractivity contribution in [2.24, 2.45) is 0 Å². The minimum Gasteiger partial charge on any atom is -0.447 e. The molecule has 0 aliphatic carbocycles. The number of carbonyl (C=O) groups excluding carboxylic acids is 2. The average Bonchev–Trinajstić information content (AvgIpc) is 2.94. The van der Waals surface area contributed by atoms with Crippen LogP contribution in [0.5, 0.6) is 0 Å². The zero-order valence-electron chi connectivity index (χ0n) is 9.36. The summed E-state index contributed by atoms with van der Waals surface area (Å²) < 4.78 is 9.62. The summed E-state index contributed by atoms with van der Waals surface area (Å²) in [5, 5.41) is 8.82. The lowest BCUT2D eigenvalue weighted by Gasteiger charge is -2.06. The molecule has 1 aliphatic rings. The molecular formula is C10H13N3O4. The van der Waals surface area contributed by atoms with E-state index in [1.807, 2.05) is 6.92 Å². The fourth-order valence-electron chi connectivity index (χ4n) is 1.43. The molecule has 1 aromatic rings. The molecule has 2 rings (SSSR count). The van der Waals surface area contributed by atoms with E-state index in [1.165, 1.54) is 0 Å². The summed E-state index contributed by atoms with van der Waals surface area (Å²) in [6, 6.07) is 1.15. The maximum absolute atomic E-state index is 11.6. The van der Waals surface area contributed by atoms with Gasteiger partial charge in [-0.15, -0.1) is 0 Å². The van der Waals surface area contributed by atoms with Gasteiger partial charge in [0.05, 0.1) is 12.2 Å². The number of ether oxygens (including phenoxy) is 1. The molecule has 2 amide bonds. The summed E-state index contributed by atoms with van der Waals surface area (Å²) in [6.07, 6.45) is 0.210. The fraction of sp³-hybridized carbons (Fsp3) is 0.500. The van der Waals surface area contributed by atoms with Crippen molar-refractivity contribution < 1.29 is 18.8 Å². The van der Waals surface area contributed by atoms with Crippen molar-refractivity contribution in [3.63, 3.8) is 0 Å². The van der Waals surface area contributed by atoms with Crippen molar-refractivity contribution in [2.45, 2.75) is 25.9 Å². The normalized spacial score (nSPS) is 18.6. The first kappa shape index (κ1) is 11.4. The van der Waals surface area contributed by atoms with E-state index in [1.54, 1.807) is 6.07 Å². The zero-order valence-corrected chi connectivity index (χ0v) is 9.36. The number of nitrogens with one attached hydrogen (secondary N) is 2. The Labute approximate surface area is 97.5 Å². The van der Waals surface area contributed by atoms with Gasteiger partial charge in [0.1, 0.15) is 12.6 Å². The summed E-state index contributed by atoms with van der Waals surface area (Å²) in [5.41, 5.74) is 0.840. The number of hydrogen-bond donors (Lipinski definition) is 2. The molecule has 7 heteroatoms. The number of aryl methyl sites for hydroxylation is 1. The first-order chi connectivity index (χ1) is 8.19. The van der Waals surface area contributed by atoms with Crippen molar-refractivity contribution in [2.75, 3.05) is 6.61 Å². The van der Waals surface area contributed by atoms with Gasteiger partial charge in [0.2, 0.25) is 5.91 Å². The Morgan fingerprint density at radius 1 is 1.71 bits per heavy atom. The van der Waals surface area contributed by atoms with E-state index in [-0.39, 0.29) is 19.1 Å². The number of cyclic esters (lactones) is 1. The molecule has 1 fully saturated rings. The van der Waals surface area contributed by atoms with Crippen molar-refractivity contribution in [3.05, 3.63) is 17.5 Å². The van der Waals surface area contributed by atoms with Crippen LogP contribution in [0, 0.1) is 0 Å². The molecule has 0 aromatic carbocycles. The van der Waals surface area contributed by atoms with Crippen LogP contribution < -0.4 is 10.6 Å². The van der Waals surface area contributed by atoms with E-state index in [0.717, 1.165) is 12.1 Å². The molecule has 0 radical (unpaired) electrons. The molecule has 0 spiro atoms. The van der Waals surface area contributed by atoms with Gasteiger partial charge < -0.3 is 19.9 Å². The van der Waals surface area contributed by atoms with E-state index >= 15 is 0 Å². The Hall–Kier alpha value is -2.05. The second-order valence-electron chi connectivity index (χ2n) is 3.65. The van der Waals surface area contributed by atoms with Gasteiger partial charge in [0.25, 0.3) is 0 Å².